The Balaban J connectivity index is 2.38. The average Bonchev–Trinajstić information content (AvgIpc) is 2.78. The van der Waals surface area contributed by atoms with Crippen LogP contribution in [0.1, 0.15) is 31.9 Å². The van der Waals surface area contributed by atoms with Crippen molar-refractivity contribution in [2.45, 2.75) is 40.3 Å². The van der Waals surface area contributed by atoms with E-state index in [4.69, 9.17) is 4.74 Å². The lowest BCUT2D eigenvalue weighted by Crippen LogP contribution is -2.51. The predicted molar refractivity (Wildman–Crippen MR) is 134 cm³/mol. The van der Waals surface area contributed by atoms with Crippen molar-refractivity contribution < 1.29 is 22.7 Å². The Morgan fingerprint density at radius 2 is 1.74 bits per heavy atom. The number of methoxy groups -OCH3 is 1. The number of carbonyl (C=O) groups excluding carboxylic acids is 2. The number of benzene rings is 2. The fraction of sp³-hybridized carbons (Fsp3) is 0.440. The van der Waals surface area contributed by atoms with Gasteiger partial charge in [0.15, 0.2) is 0 Å². The van der Waals surface area contributed by atoms with Crippen molar-refractivity contribution in [3.63, 3.8) is 0 Å². The van der Waals surface area contributed by atoms with E-state index in [1.165, 1.54) is 12.0 Å². The second-order valence-corrected chi connectivity index (χ2v) is 10.7. The number of amides is 2. The van der Waals surface area contributed by atoms with E-state index in [0.717, 1.165) is 21.7 Å². The first-order valence-corrected chi connectivity index (χ1v) is 13.0. The zero-order valence-corrected chi connectivity index (χ0v) is 21.6. The van der Waals surface area contributed by atoms with Crippen molar-refractivity contribution in [3.8, 4) is 5.75 Å². The Kier molecular flexibility index (Phi) is 9.49. The number of rotatable bonds is 11. The van der Waals surface area contributed by atoms with E-state index in [-0.39, 0.29) is 18.4 Å². The van der Waals surface area contributed by atoms with Gasteiger partial charge in [0.2, 0.25) is 21.8 Å². The molecule has 0 aliphatic carbocycles. The van der Waals surface area contributed by atoms with Gasteiger partial charge in [0.25, 0.3) is 0 Å². The molecular weight excluding hydrogens is 454 g/mol. The highest BCUT2D eigenvalue weighted by molar-refractivity contribution is 7.92. The first-order valence-electron chi connectivity index (χ1n) is 11.2. The predicted octanol–water partition coefficient (Wildman–Crippen LogP) is 2.96. The molecule has 0 bridgehead atoms. The third-order valence-electron chi connectivity index (χ3n) is 5.31. The Morgan fingerprint density at radius 1 is 1.06 bits per heavy atom. The van der Waals surface area contributed by atoms with Crippen molar-refractivity contribution in [1.29, 1.82) is 0 Å². The number of ether oxygens (including phenoxy) is 1. The van der Waals surface area contributed by atoms with Gasteiger partial charge >= 0.3 is 0 Å². The molecule has 0 radical (unpaired) electrons. The average molecular weight is 490 g/mol. The standard InChI is InChI=1S/C25H35N3O5S/c1-18(2)15-26-25(30)20(4)27(16-21-10-7-9-19(3)13-21)24(29)17-28(34(6,31)32)22-11-8-12-23(14-22)33-5/h7-14,18,20H,15-17H2,1-6H3,(H,26,30)/t20-/m0/s1. The zero-order valence-electron chi connectivity index (χ0n) is 20.7. The summed E-state index contributed by atoms with van der Waals surface area (Å²) in [7, 11) is -2.31. The molecule has 0 aliphatic heterocycles. The highest BCUT2D eigenvalue weighted by Crippen LogP contribution is 2.23. The Hall–Kier alpha value is -3.07. The van der Waals surface area contributed by atoms with Crippen LogP contribution in [-0.4, -0.2) is 57.6 Å². The minimum atomic E-state index is -3.79. The van der Waals surface area contributed by atoms with Gasteiger partial charge in [-0.1, -0.05) is 49.7 Å². The summed E-state index contributed by atoms with van der Waals surface area (Å²) in [6, 6.07) is 13.4. The lowest BCUT2D eigenvalue weighted by atomic mass is 10.1. The van der Waals surface area contributed by atoms with E-state index in [2.05, 4.69) is 5.32 Å². The molecule has 8 nitrogen and oxygen atoms in total. The highest BCUT2D eigenvalue weighted by Gasteiger charge is 2.30. The second-order valence-electron chi connectivity index (χ2n) is 8.80. The number of hydrogen-bond acceptors (Lipinski definition) is 5. The van der Waals surface area contributed by atoms with Gasteiger partial charge in [-0.3, -0.25) is 13.9 Å². The van der Waals surface area contributed by atoms with Crippen molar-refractivity contribution in [1.82, 2.24) is 10.2 Å². The third-order valence-corrected chi connectivity index (χ3v) is 6.45. The van der Waals surface area contributed by atoms with Crippen LogP contribution in [0, 0.1) is 12.8 Å². The Bertz CT molecular complexity index is 1100. The van der Waals surface area contributed by atoms with Crippen LogP contribution in [0.3, 0.4) is 0 Å². The topological polar surface area (TPSA) is 96.0 Å². The number of aryl methyl sites for hydroxylation is 1. The number of carbonyl (C=O) groups is 2. The molecule has 186 valence electrons. The molecule has 0 aromatic heterocycles. The number of nitrogens with zero attached hydrogens (tertiary/aromatic N) is 2. The normalized spacial score (nSPS) is 12.2. The van der Waals surface area contributed by atoms with Gasteiger partial charge in [-0.05, 0) is 37.5 Å². The monoisotopic (exact) mass is 489 g/mol. The molecule has 0 heterocycles. The van der Waals surface area contributed by atoms with Crippen LogP contribution in [0.4, 0.5) is 5.69 Å². The van der Waals surface area contributed by atoms with Crippen LogP contribution >= 0.6 is 0 Å². The number of anilines is 1. The number of nitrogens with one attached hydrogen (secondary N) is 1. The third kappa shape index (κ3) is 7.76. The van der Waals surface area contributed by atoms with Gasteiger partial charge in [0, 0.05) is 19.2 Å². The molecule has 0 fully saturated rings. The van der Waals surface area contributed by atoms with E-state index in [0.29, 0.717) is 18.0 Å². The molecule has 0 unspecified atom stereocenters. The molecule has 0 spiro atoms. The summed E-state index contributed by atoms with van der Waals surface area (Å²) in [6.07, 6.45) is 1.05. The van der Waals surface area contributed by atoms with Crippen molar-refractivity contribution in [2.24, 2.45) is 5.92 Å². The van der Waals surface area contributed by atoms with Gasteiger partial charge in [-0.2, -0.15) is 0 Å². The molecule has 1 atom stereocenters. The molecule has 9 heteroatoms. The van der Waals surface area contributed by atoms with Gasteiger partial charge in [-0.25, -0.2) is 8.42 Å². The summed E-state index contributed by atoms with van der Waals surface area (Å²) in [5, 5.41) is 2.86. The van der Waals surface area contributed by atoms with E-state index < -0.39 is 28.5 Å². The van der Waals surface area contributed by atoms with Crippen LogP contribution in [0.15, 0.2) is 48.5 Å². The molecule has 0 saturated carbocycles. The van der Waals surface area contributed by atoms with Crippen LogP contribution in [-0.2, 0) is 26.2 Å². The van der Waals surface area contributed by atoms with Crippen LogP contribution in [0.2, 0.25) is 0 Å². The SMILES string of the molecule is COc1cccc(N(CC(=O)N(Cc2cccc(C)c2)[C@@H](C)C(=O)NCC(C)C)S(C)(=O)=O)c1. The van der Waals surface area contributed by atoms with E-state index in [1.54, 1.807) is 31.2 Å². The quantitative estimate of drug-likeness (QED) is 0.524. The summed E-state index contributed by atoms with van der Waals surface area (Å²) in [4.78, 5) is 27.8. The maximum atomic E-state index is 13.5. The lowest BCUT2D eigenvalue weighted by molar-refractivity contribution is -0.139. The molecule has 0 aliphatic rings. The van der Waals surface area contributed by atoms with Crippen LogP contribution < -0.4 is 14.4 Å². The van der Waals surface area contributed by atoms with Gasteiger partial charge in [0.05, 0.1) is 19.1 Å². The largest absolute Gasteiger partial charge is 0.497 e. The first kappa shape index (κ1) is 27.2. The molecule has 1 N–H and O–H groups in total. The first-order chi connectivity index (χ1) is 15.9. The summed E-state index contributed by atoms with van der Waals surface area (Å²) < 4.78 is 31.5. The molecular formula is C25H35N3O5S. The Labute approximate surface area is 202 Å². The maximum Gasteiger partial charge on any atom is 0.244 e. The molecule has 0 saturated heterocycles. The summed E-state index contributed by atoms with van der Waals surface area (Å²) in [5.41, 5.74) is 2.18. The van der Waals surface area contributed by atoms with Gasteiger partial charge in [0.1, 0.15) is 18.3 Å². The zero-order chi connectivity index (χ0) is 25.5. The fourth-order valence-electron chi connectivity index (χ4n) is 3.42. The smallest absolute Gasteiger partial charge is 0.244 e. The second kappa shape index (κ2) is 11.9. The minimum absolute atomic E-state index is 0.173. The maximum absolute atomic E-state index is 13.5. The number of sulfonamides is 1. The van der Waals surface area contributed by atoms with E-state index >= 15 is 0 Å². The van der Waals surface area contributed by atoms with Gasteiger partial charge < -0.3 is 15.0 Å². The van der Waals surface area contributed by atoms with Crippen molar-refractivity contribution in [2.75, 3.05) is 30.8 Å². The number of hydrogen-bond donors (Lipinski definition) is 1. The Morgan fingerprint density at radius 3 is 2.32 bits per heavy atom. The fourth-order valence-corrected chi connectivity index (χ4v) is 4.26. The molecule has 2 aromatic rings. The van der Waals surface area contributed by atoms with Crippen molar-refractivity contribution in [3.05, 3.63) is 59.7 Å². The van der Waals surface area contributed by atoms with Crippen LogP contribution in [0.5, 0.6) is 5.75 Å². The van der Waals surface area contributed by atoms with Crippen molar-refractivity contribution >= 4 is 27.5 Å². The molecule has 2 aromatic carbocycles. The van der Waals surface area contributed by atoms with E-state index in [9.17, 15) is 18.0 Å². The summed E-state index contributed by atoms with van der Waals surface area (Å²) >= 11 is 0. The summed E-state index contributed by atoms with van der Waals surface area (Å²) in [6.45, 7) is 7.78. The molecule has 34 heavy (non-hydrogen) atoms. The minimum Gasteiger partial charge on any atom is -0.497 e. The van der Waals surface area contributed by atoms with Gasteiger partial charge in [-0.15, -0.1) is 0 Å². The summed E-state index contributed by atoms with van der Waals surface area (Å²) in [5.74, 6) is -0.0496. The molecule has 2 rings (SSSR count). The highest BCUT2D eigenvalue weighted by atomic mass is 32.2. The van der Waals surface area contributed by atoms with Crippen LogP contribution in [0.25, 0.3) is 0 Å². The lowest BCUT2D eigenvalue weighted by Gasteiger charge is -2.31. The van der Waals surface area contributed by atoms with E-state index in [1.807, 2.05) is 45.0 Å². The molecule has 2 amide bonds.